The lowest BCUT2D eigenvalue weighted by Gasteiger charge is -2.09. The van der Waals surface area contributed by atoms with Crippen molar-refractivity contribution >= 4 is 35.0 Å². The van der Waals surface area contributed by atoms with Gasteiger partial charge in [0, 0.05) is 16.3 Å². The summed E-state index contributed by atoms with van der Waals surface area (Å²) in [6.45, 7) is 4.07. The predicted molar refractivity (Wildman–Crippen MR) is 108 cm³/mol. The number of anilines is 2. The van der Waals surface area contributed by atoms with Crippen molar-refractivity contribution in [2.45, 2.75) is 18.7 Å². The van der Waals surface area contributed by atoms with E-state index in [-0.39, 0.29) is 17.6 Å². The van der Waals surface area contributed by atoms with E-state index in [0.717, 1.165) is 10.5 Å². The molecule has 3 rings (SSSR count). The first-order valence-electron chi connectivity index (χ1n) is 8.46. The zero-order valence-corrected chi connectivity index (χ0v) is 15.9. The minimum atomic E-state index is -0.339. The van der Waals surface area contributed by atoms with Gasteiger partial charge in [0.2, 0.25) is 5.91 Å². The molecule has 1 aromatic heterocycles. The Morgan fingerprint density at radius 3 is 2.48 bits per heavy atom. The number of benzene rings is 2. The normalized spacial score (nSPS) is 10.4. The Hall–Kier alpha value is -2.99. The fraction of sp³-hybridized carbons (Fsp3) is 0.143. The van der Waals surface area contributed by atoms with Crippen LogP contribution in [0.5, 0.6) is 0 Å². The fourth-order valence-corrected chi connectivity index (χ4v) is 3.40. The summed E-state index contributed by atoms with van der Waals surface area (Å²) >= 11 is 1.51. The standard InChI is InChI=1S/C21H20N2O3S/c1-14-8-9-15(2)19(11-14)27-13-20(24)22-16-5-3-6-17(12-16)23-21(25)18-7-4-10-26-18/h3-12H,13H2,1-2H3,(H,22,24)(H,23,25). The Balaban J connectivity index is 1.58. The molecule has 0 saturated carbocycles. The third-order valence-corrected chi connectivity index (χ3v) is 5.01. The van der Waals surface area contributed by atoms with E-state index in [1.807, 2.05) is 13.8 Å². The summed E-state index contributed by atoms with van der Waals surface area (Å²) in [6, 6.07) is 16.4. The number of aryl methyl sites for hydroxylation is 2. The van der Waals surface area contributed by atoms with Gasteiger partial charge < -0.3 is 15.1 Å². The highest BCUT2D eigenvalue weighted by Crippen LogP contribution is 2.24. The third-order valence-electron chi connectivity index (χ3n) is 3.85. The maximum absolute atomic E-state index is 12.3. The van der Waals surface area contributed by atoms with Crippen LogP contribution in [0.4, 0.5) is 11.4 Å². The van der Waals surface area contributed by atoms with Crippen molar-refractivity contribution in [3.05, 3.63) is 77.7 Å². The lowest BCUT2D eigenvalue weighted by Crippen LogP contribution is -2.15. The van der Waals surface area contributed by atoms with Crippen LogP contribution in [-0.2, 0) is 4.79 Å². The Morgan fingerprint density at radius 1 is 0.963 bits per heavy atom. The molecule has 0 fully saturated rings. The Morgan fingerprint density at radius 2 is 1.74 bits per heavy atom. The van der Waals surface area contributed by atoms with Crippen LogP contribution in [0.2, 0.25) is 0 Å². The average Bonchev–Trinajstić information content (AvgIpc) is 3.18. The van der Waals surface area contributed by atoms with Gasteiger partial charge in [-0.1, -0.05) is 23.8 Å². The van der Waals surface area contributed by atoms with Crippen LogP contribution < -0.4 is 10.6 Å². The smallest absolute Gasteiger partial charge is 0.291 e. The van der Waals surface area contributed by atoms with E-state index in [2.05, 4.69) is 28.8 Å². The lowest BCUT2D eigenvalue weighted by molar-refractivity contribution is -0.113. The second-order valence-corrected chi connectivity index (χ2v) is 7.14. The third kappa shape index (κ3) is 5.24. The SMILES string of the molecule is Cc1ccc(C)c(SCC(=O)Nc2cccc(NC(=O)c3ccco3)c2)c1. The van der Waals surface area contributed by atoms with Gasteiger partial charge in [-0.2, -0.15) is 0 Å². The largest absolute Gasteiger partial charge is 0.459 e. The first-order valence-corrected chi connectivity index (χ1v) is 9.44. The summed E-state index contributed by atoms with van der Waals surface area (Å²) in [4.78, 5) is 25.4. The van der Waals surface area contributed by atoms with Crippen LogP contribution in [0.3, 0.4) is 0 Å². The molecule has 27 heavy (non-hydrogen) atoms. The van der Waals surface area contributed by atoms with Crippen LogP contribution in [0, 0.1) is 13.8 Å². The number of rotatable bonds is 6. The molecule has 0 bridgehead atoms. The molecule has 2 amide bonds. The highest BCUT2D eigenvalue weighted by molar-refractivity contribution is 8.00. The number of hydrogen-bond donors (Lipinski definition) is 2. The van der Waals surface area contributed by atoms with E-state index in [9.17, 15) is 9.59 Å². The van der Waals surface area contributed by atoms with E-state index >= 15 is 0 Å². The summed E-state index contributed by atoms with van der Waals surface area (Å²) < 4.78 is 5.07. The van der Waals surface area contributed by atoms with Crippen LogP contribution in [0.1, 0.15) is 21.7 Å². The van der Waals surface area contributed by atoms with Crippen LogP contribution in [0.15, 0.2) is 70.2 Å². The van der Waals surface area contributed by atoms with E-state index in [0.29, 0.717) is 17.1 Å². The van der Waals surface area contributed by atoms with Crippen LogP contribution >= 0.6 is 11.8 Å². The molecule has 5 nitrogen and oxygen atoms in total. The minimum absolute atomic E-state index is 0.101. The monoisotopic (exact) mass is 380 g/mol. The van der Waals surface area contributed by atoms with E-state index in [1.165, 1.54) is 23.6 Å². The van der Waals surface area contributed by atoms with Crippen LogP contribution in [0.25, 0.3) is 0 Å². The van der Waals surface area contributed by atoms with Gasteiger partial charge in [0.05, 0.1) is 12.0 Å². The molecular formula is C21H20N2O3S. The molecule has 1 heterocycles. The van der Waals surface area contributed by atoms with E-state index in [1.54, 1.807) is 36.4 Å². The van der Waals surface area contributed by atoms with Gasteiger partial charge in [-0.15, -0.1) is 11.8 Å². The summed E-state index contributed by atoms with van der Waals surface area (Å²) in [5.74, 6) is 0.103. The fourth-order valence-electron chi connectivity index (χ4n) is 2.48. The maximum Gasteiger partial charge on any atom is 0.291 e. The average molecular weight is 380 g/mol. The summed E-state index contributed by atoms with van der Waals surface area (Å²) in [6.07, 6.45) is 1.44. The molecule has 2 aromatic carbocycles. The van der Waals surface area contributed by atoms with Crippen molar-refractivity contribution in [1.29, 1.82) is 0 Å². The molecule has 2 N–H and O–H groups in total. The van der Waals surface area contributed by atoms with Gasteiger partial charge in [0.15, 0.2) is 5.76 Å². The summed E-state index contributed by atoms with van der Waals surface area (Å²) in [5.41, 5.74) is 3.53. The molecule has 6 heteroatoms. The highest BCUT2D eigenvalue weighted by atomic mass is 32.2. The molecule has 0 spiro atoms. The second-order valence-electron chi connectivity index (χ2n) is 6.12. The van der Waals surface area contributed by atoms with Gasteiger partial charge in [-0.25, -0.2) is 0 Å². The zero-order chi connectivity index (χ0) is 19.2. The molecule has 0 aliphatic heterocycles. The highest BCUT2D eigenvalue weighted by Gasteiger charge is 2.10. The van der Waals surface area contributed by atoms with E-state index < -0.39 is 0 Å². The van der Waals surface area contributed by atoms with Crippen molar-refractivity contribution in [2.75, 3.05) is 16.4 Å². The van der Waals surface area contributed by atoms with Gasteiger partial charge >= 0.3 is 0 Å². The first kappa shape index (κ1) is 18.8. The van der Waals surface area contributed by atoms with Crippen molar-refractivity contribution in [1.82, 2.24) is 0 Å². The number of amides is 2. The quantitative estimate of drug-likeness (QED) is 0.598. The number of carbonyl (C=O) groups is 2. The molecular weight excluding hydrogens is 360 g/mol. The minimum Gasteiger partial charge on any atom is -0.459 e. The van der Waals surface area contributed by atoms with Crippen LogP contribution in [-0.4, -0.2) is 17.6 Å². The van der Waals surface area contributed by atoms with Gasteiger partial charge in [-0.3, -0.25) is 9.59 Å². The van der Waals surface area contributed by atoms with Gasteiger partial charge in [0.1, 0.15) is 0 Å². The molecule has 0 unspecified atom stereocenters. The summed E-state index contributed by atoms with van der Waals surface area (Å²) in [7, 11) is 0. The number of nitrogens with one attached hydrogen (secondary N) is 2. The first-order chi connectivity index (χ1) is 13.0. The van der Waals surface area contributed by atoms with Crippen molar-refractivity contribution in [3.8, 4) is 0 Å². The lowest BCUT2D eigenvalue weighted by atomic mass is 10.2. The molecule has 0 radical (unpaired) electrons. The molecule has 0 aliphatic rings. The Bertz CT molecular complexity index is 952. The van der Waals surface area contributed by atoms with Crippen molar-refractivity contribution in [2.24, 2.45) is 0 Å². The second kappa shape index (κ2) is 8.60. The Labute approximate surface area is 162 Å². The number of hydrogen-bond acceptors (Lipinski definition) is 4. The molecule has 138 valence electrons. The zero-order valence-electron chi connectivity index (χ0n) is 15.1. The van der Waals surface area contributed by atoms with Gasteiger partial charge in [0.25, 0.3) is 5.91 Å². The predicted octanol–water partition coefficient (Wildman–Crippen LogP) is 4.88. The number of carbonyl (C=O) groups excluding carboxylic acids is 2. The molecule has 0 saturated heterocycles. The molecule has 0 atom stereocenters. The topological polar surface area (TPSA) is 71.3 Å². The van der Waals surface area contributed by atoms with E-state index in [4.69, 9.17) is 4.42 Å². The number of thioether (sulfide) groups is 1. The van der Waals surface area contributed by atoms with Crippen molar-refractivity contribution in [3.63, 3.8) is 0 Å². The molecule has 0 aliphatic carbocycles. The molecule has 3 aromatic rings. The van der Waals surface area contributed by atoms with Crippen molar-refractivity contribution < 1.29 is 14.0 Å². The summed E-state index contributed by atoms with van der Waals surface area (Å²) in [5, 5.41) is 5.60. The number of furan rings is 1. The Kier molecular flexibility index (Phi) is 5.98. The maximum atomic E-state index is 12.3. The van der Waals surface area contributed by atoms with Gasteiger partial charge in [-0.05, 0) is 55.8 Å².